The molecule has 0 spiro atoms. The van der Waals surface area contributed by atoms with Crippen LogP contribution >= 0.6 is 25.3 Å². The zero-order valence-electron chi connectivity index (χ0n) is 6.26. The molecule has 0 unspecified atom stereocenters. The van der Waals surface area contributed by atoms with Gasteiger partial charge >= 0.3 is 0 Å². The van der Waals surface area contributed by atoms with Crippen molar-refractivity contribution in [1.29, 1.82) is 0 Å². The lowest BCUT2D eigenvalue weighted by Gasteiger charge is -1.96. The average molecular weight is 172 g/mol. The summed E-state index contributed by atoms with van der Waals surface area (Å²) < 4.78 is 0. The monoisotopic (exact) mass is 172 g/mol. The van der Waals surface area contributed by atoms with Crippen molar-refractivity contribution < 1.29 is 0 Å². The molecule has 56 valence electrons. The van der Waals surface area contributed by atoms with Crippen molar-refractivity contribution in [3.8, 4) is 0 Å². The van der Waals surface area contributed by atoms with Crippen LogP contribution in [-0.2, 0) is 0 Å². The third kappa shape index (κ3) is 3.85. The minimum absolute atomic E-state index is 0.905. The highest BCUT2D eigenvalue weighted by molar-refractivity contribution is 7.84. The molecule has 0 aliphatic rings. The molecule has 0 saturated carbocycles. The normalized spacial score (nSPS) is 13.6. The van der Waals surface area contributed by atoms with Gasteiger partial charge in [-0.2, -0.15) is 12.6 Å². The highest BCUT2D eigenvalue weighted by Crippen LogP contribution is 2.13. The fourth-order valence-electron chi connectivity index (χ4n) is 0.376. The molecule has 0 atom stereocenters. The van der Waals surface area contributed by atoms with E-state index >= 15 is 0 Å². The maximum atomic E-state index is 4.21. The van der Waals surface area contributed by atoms with Crippen molar-refractivity contribution in [1.82, 2.24) is 0 Å². The van der Waals surface area contributed by atoms with E-state index in [0.29, 0.717) is 0 Å². The minimum atomic E-state index is 0.905. The van der Waals surface area contributed by atoms with Crippen LogP contribution in [0.2, 0.25) is 0 Å². The zero-order chi connectivity index (χ0) is 8.15. The Kier molecular flexibility index (Phi) is 4.65. The lowest BCUT2D eigenvalue weighted by atomic mass is 10.2. The van der Waals surface area contributed by atoms with Crippen molar-refractivity contribution in [2.75, 3.05) is 0 Å². The van der Waals surface area contributed by atoms with Gasteiger partial charge in [0.1, 0.15) is 0 Å². The van der Waals surface area contributed by atoms with Gasteiger partial charge in [0.15, 0.2) is 0 Å². The third-order valence-corrected chi connectivity index (χ3v) is 1.92. The SMILES string of the molecule is C=C(C)/C(S)=C\C(C)=C\S. The van der Waals surface area contributed by atoms with Gasteiger partial charge in [-0.15, -0.1) is 12.6 Å². The second-order valence-electron chi connectivity index (χ2n) is 2.18. The summed E-state index contributed by atoms with van der Waals surface area (Å²) in [6.07, 6.45) is 1.93. The summed E-state index contributed by atoms with van der Waals surface area (Å²) in [5, 5.41) is 1.74. The maximum absolute atomic E-state index is 4.21. The molecule has 10 heavy (non-hydrogen) atoms. The molecular formula is C8H12S2. The van der Waals surface area contributed by atoms with Gasteiger partial charge in [-0.05, 0) is 36.5 Å². The summed E-state index contributed by atoms with van der Waals surface area (Å²) in [4.78, 5) is 0.905. The topological polar surface area (TPSA) is 0 Å². The van der Waals surface area contributed by atoms with Crippen LogP contribution in [0.1, 0.15) is 13.8 Å². The van der Waals surface area contributed by atoms with Crippen LogP contribution in [0.5, 0.6) is 0 Å². The van der Waals surface area contributed by atoms with Crippen molar-refractivity contribution >= 4 is 25.3 Å². The van der Waals surface area contributed by atoms with Crippen molar-refractivity contribution in [2.45, 2.75) is 13.8 Å². The Labute approximate surface area is 73.5 Å². The Morgan fingerprint density at radius 1 is 1.40 bits per heavy atom. The predicted molar refractivity (Wildman–Crippen MR) is 54.6 cm³/mol. The van der Waals surface area contributed by atoms with Gasteiger partial charge in [-0.1, -0.05) is 6.58 Å². The second kappa shape index (κ2) is 4.69. The first-order valence-electron chi connectivity index (χ1n) is 2.95. The summed E-state index contributed by atoms with van der Waals surface area (Å²) in [6.45, 7) is 7.63. The van der Waals surface area contributed by atoms with E-state index in [-0.39, 0.29) is 0 Å². The standard InChI is InChI=1S/C8H12S2/c1-6(2)8(10)4-7(3)5-9/h4-5,9-10H,1H2,2-3H3/b7-5+,8-4+. The van der Waals surface area contributed by atoms with Gasteiger partial charge in [0.05, 0.1) is 0 Å². The number of hydrogen-bond acceptors (Lipinski definition) is 2. The Morgan fingerprint density at radius 2 is 1.90 bits per heavy atom. The van der Waals surface area contributed by atoms with E-state index in [0.717, 1.165) is 16.1 Å². The van der Waals surface area contributed by atoms with Gasteiger partial charge in [0.2, 0.25) is 0 Å². The summed E-state index contributed by atoms with van der Waals surface area (Å²) in [5.74, 6) is 0. The van der Waals surface area contributed by atoms with Crippen LogP contribution in [0.15, 0.2) is 34.1 Å². The molecule has 0 rings (SSSR count). The molecule has 0 aromatic carbocycles. The van der Waals surface area contributed by atoms with Crippen LogP contribution in [0.25, 0.3) is 0 Å². The molecular weight excluding hydrogens is 160 g/mol. The molecule has 0 fully saturated rings. The van der Waals surface area contributed by atoms with Crippen LogP contribution in [0, 0.1) is 0 Å². The third-order valence-electron chi connectivity index (χ3n) is 1.01. The quantitative estimate of drug-likeness (QED) is 0.464. The van der Waals surface area contributed by atoms with Crippen LogP contribution in [0.4, 0.5) is 0 Å². The number of allylic oxidation sites excluding steroid dienone is 3. The predicted octanol–water partition coefficient (Wildman–Crippen LogP) is 3.21. The molecule has 0 radical (unpaired) electrons. The second-order valence-corrected chi connectivity index (χ2v) is 2.92. The van der Waals surface area contributed by atoms with E-state index in [1.807, 2.05) is 19.9 Å². The maximum Gasteiger partial charge on any atom is 0.00661 e. The van der Waals surface area contributed by atoms with E-state index in [1.165, 1.54) is 0 Å². The van der Waals surface area contributed by atoms with E-state index < -0.39 is 0 Å². The highest BCUT2D eigenvalue weighted by atomic mass is 32.1. The first-order chi connectivity index (χ1) is 4.57. The number of thiol groups is 2. The lowest BCUT2D eigenvalue weighted by Crippen LogP contribution is -1.73. The summed E-state index contributed by atoms with van der Waals surface area (Å²) >= 11 is 8.19. The van der Waals surface area contributed by atoms with E-state index in [4.69, 9.17) is 0 Å². The number of hydrogen-bond donors (Lipinski definition) is 2. The Hall–Kier alpha value is -0.0800. The van der Waals surface area contributed by atoms with E-state index in [9.17, 15) is 0 Å². The molecule has 0 aliphatic heterocycles. The van der Waals surface area contributed by atoms with E-state index in [2.05, 4.69) is 31.8 Å². The van der Waals surface area contributed by atoms with Crippen LogP contribution in [-0.4, -0.2) is 0 Å². The summed E-state index contributed by atoms with van der Waals surface area (Å²) in [5.41, 5.74) is 2.05. The smallest absolute Gasteiger partial charge is 0.00661 e. The van der Waals surface area contributed by atoms with E-state index in [1.54, 1.807) is 5.41 Å². The summed E-state index contributed by atoms with van der Waals surface area (Å²) in [7, 11) is 0. The minimum Gasteiger partial charge on any atom is -0.151 e. The molecule has 2 heteroatoms. The van der Waals surface area contributed by atoms with Gasteiger partial charge < -0.3 is 0 Å². The molecule has 0 amide bonds. The van der Waals surface area contributed by atoms with Crippen molar-refractivity contribution in [3.63, 3.8) is 0 Å². The Morgan fingerprint density at radius 3 is 2.20 bits per heavy atom. The first-order valence-corrected chi connectivity index (χ1v) is 3.91. The van der Waals surface area contributed by atoms with Gasteiger partial charge in [0, 0.05) is 4.91 Å². The Balaban J connectivity index is 4.31. The molecule has 0 N–H and O–H groups in total. The molecule has 0 aromatic heterocycles. The van der Waals surface area contributed by atoms with Gasteiger partial charge in [-0.25, -0.2) is 0 Å². The molecule has 0 bridgehead atoms. The molecule has 0 saturated heterocycles. The largest absolute Gasteiger partial charge is 0.151 e. The van der Waals surface area contributed by atoms with Crippen molar-refractivity contribution in [3.05, 3.63) is 34.1 Å². The van der Waals surface area contributed by atoms with Gasteiger partial charge in [-0.3, -0.25) is 0 Å². The van der Waals surface area contributed by atoms with Crippen LogP contribution < -0.4 is 0 Å². The fourth-order valence-corrected chi connectivity index (χ4v) is 0.654. The fraction of sp³-hybridized carbons (Fsp3) is 0.250. The lowest BCUT2D eigenvalue weighted by molar-refractivity contribution is 1.48. The average Bonchev–Trinajstić information content (AvgIpc) is 1.87. The molecule has 0 heterocycles. The summed E-state index contributed by atoms with van der Waals surface area (Å²) in [6, 6.07) is 0. The molecule has 0 aliphatic carbocycles. The molecule has 0 aromatic rings. The van der Waals surface area contributed by atoms with Crippen molar-refractivity contribution in [2.24, 2.45) is 0 Å². The van der Waals surface area contributed by atoms with Crippen LogP contribution in [0.3, 0.4) is 0 Å². The zero-order valence-corrected chi connectivity index (χ0v) is 8.05. The Bertz CT molecular complexity index is 187. The molecule has 0 nitrogen and oxygen atoms in total. The number of rotatable bonds is 2. The highest BCUT2D eigenvalue weighted by Gasteiger charge is 1.89. The first kappa shape index (κ1) is 9.92. The van der Waals surface area contributed by atoms with Gasteiger partial charge in [0.25, 0.3) is 0 Å².